The van der Waals surface area contributed by atoms with Gasteiger partial charge in [0, 0.05) is 35.0 Å². The molecule has 2 N–H and O–H groups in total. The lowest BCUT2D eigenvalue weighted by Gasteiger charge is -2.13. The molecule has 31 heavy (non-hydrogen) atoms. The number of halogens is 1. The molecule has 1 fully saturated rings. The smallest absolute Gasteiger partial charge is 0.231 e. The Kier molecular flexibility index (Phi) is 4.62. The van der Waals surface area contributed by atoms with Gasteiger partial charge in [0.25, 0.3) is 0 Å². The molecule has 3 atom stereocenters. The summed E-state index contributed by atoms with van der Waals surface area (Å²) in [4.78, 5) is 25.2. The number of nitrogens with one attached hydrogen (secondary N) is 1. The molecule has 1 aliphatic carbocycles. The fourth-order valence-electron chi connectivity index (χ4n) is 3.74. The van der Waals surface area contributed by atoms with Gasteiger partial charge in [0.2, 0.25) is 5.91 Å². The van der Waals surface area contributed by atoms with Crippen LogP contribution in [0.15, 0.2) is 36.9 Å². The highest BCUT2D eigenvalue weighted by Gasteiger charge is 2.43. The summed E-state index contributed by atoms with van der Waals surface area (Å²) in [6, 6.07) is 5.55. The van der Waals surface area contributed by atoms with E-state index in [2.05, 4.69) is 25.4 Å². The van der Waals surface area contributed by atoms with Crippen molar-refractivity contribution in [3.8, 4) is 11.1 Å². The van der Waals surface area contributed by atoms with Gasteiger partial charge in [-0.2, -0.15) is 5.10 Å². The lowest BCUT2D eigenvalue weighted by molar-refractivity contribution is -0.117. The number of rotatable bonds is 5. The molecule has 0 spiro atoms. The minimum Gasteiger partial charge on any atom is -0.387 e. The SMILES string of the molecule is CC[C@@H](O)c1cc(C)c(-c2cc3cnc(NC(=O)[C@H]4C[C@H]4F)cc3n3ncnc23)cn1. The highest BCUT2D eigenvalue weighted by atomic mass is 19.1. The van der Waals surface area contributed by atoms with E-state index in [1.807, 2.05) is 26.0 Å². The van der Waals surface area contributed by atoms with E-state index >= 15 is 0 Å². The second-order valence-electron chi connectivity index (χ2n) is 7.88. The number of anilines is 1. The predicted octanol–water partition coefficient (Wildman–Crippen LogP) is 3.39. The number of pyridine rings is 3. The van der Waals surface area contributed by atoms with Crippen LogP contribution >= 0.6 is 0 Å². The van der Waals surface area contributed by atoms with Gasteiger partial charge < -0.3 is 10.4 Å². The first-order valence-corrected chi connectivity index (χ1v) is 10.2. The van der Waals surface area contributed by atoms with Crippen LogP contribution in [-0.2, 0) is 4.79 Å². The van der Waals surface area contributed by atoms with Crippen molar-refractivity contribution in [2.24, 2.45) is 5.92 Å². The van der Waals surface area contributed by atoms with Crippen molar-refractivity contribution in [3.63, 3.8) is 0 Å². The summed E-state index contributed by atoms with van der Waals surface area (Å²) in [6.07, 6.45) is 4.04. The van der Waals surface area contributed by atoms with Gasteiger partial charge in [-0.3, -0.25) is 9.78 Å². The number of carbonyl (C=O) groups is 1. The first-order chi connectivity index (χ1) is 15.0. The van der Waals surface area contributed by atoms with E-state index in [0.29, 0.717) is 23.6 Å². The Labute approximate surface area is 177 Å². The topological polar surface area (TPSA) is 105 Å². The van der Waals surface area contributed by atoms with E-state index in [9.17, 15) is 14.3 Å². The minimum atomic E-state index is -1.06. The third-order valence-electron chi connectivity index (χ3n) is 5.68. The second-order valence-corrected chi connectivity index (χ2v) is 7.88. The van der Waals surface area contributed by atoms with Crippen molar-refractivity contribution in [2.75, 3.05) is 5.32 Å². The number of carbonyl (C=O) groups excluding carboxylic acids is 1. The van der Waals surface area contributed by atoms with E-state index in [1.165, 1.54) is 6.33 Å². The Bertz CT molecular complexity index is 1320. The first kappa shape index (κ1) is 19.5. The van der Waals surface area contributed by atoms with Crippen molar-refractivity contribution in [1.82, 2.24) is 24.6 Å². The molecule has 4 heterocycles. The molecule has 1 aliphatic rings. The van der Waals surface area contributed by atoms with Crippen molar-refractivity contribution >= 4 is 28.3 Å². The maximum atomic E-state index is 13.2. The van der Waals surface area contributed by atoms with Gasteiger partial charge in [0.15, 0.2) is 5.65 Å². The molecule has 4 aromatic rings. The number of aliphatic hydroxyl groups excluding tert-OH is 1. The average molecular weight is 420 g/mol. The van der Waals surface area contributed by atoms with Crippen LogP contribution in [0.5, 0.6) is 0 Å². The lowest BCUT2D eigenvalue weighted by atomic mass is 10.0. The Morgan fingerprint density at radius 2 is 2.06 bits per heavy atom. The average Bonchev–Trinajstić information content (AvgIpc) is 3.30. The van der Waals surface area contributed by atoms with Crippen molar-refractivity contribution < 1.29 is 14.3 Å². The van der Waals surface area contributed by atoms with E-state index in [4.69, 9.17) is 0 Å². The van der Waals surface area contributed by atoms with Gasteiger partial charge >= 0.3 is 0 Å². The van der Waals surface area contributed by atoms with Crippen LogP contribution in [0.1, 0.15) is 37.1 Å². The highest BCUT2D eigenvalue weighted by molar-refractivity contribution is 5.97. The number of amides is 1. The zero-order valence-corrected chi connectivity index (χ0v) is 17.1. The van der Waals surface area contributed by atoms with Crippen LogP contribution < -0.4 is 5.32 Å². The predicted molar refractivity (Wildman–Crippen MR) is 113 cm³/mol. The molecular weight excluding hydrogens is 399 g/mol. The minimum absolute atomic E-state index is 0.261. The van der Waals surface area contributed by atoms with E-state index in [1.54, 1.807) is 23.0 Å². The molecule has 8 nitrogen and oxygen atoms in total. The molecule has 0 unspecified atom stereocenters. The largest absolute Gasteiger partial charge is 0.387 e. The van der Waals surface area contributed by atoms with Crippen molar-refractivity contribution in [2.45, 2.75) is 39.0 Å². The Balaban J connectivity index is 1.58. The molecule has 1 saturated carbocycles. The number of aryl methyl sites for hydroxylation is 1. The molecule has 0 radical (unpaired) electrons. The van der Waals surface area contributed by atoms with Gasteiger partial charge in [-0.15, -0.1) is 0 Å². The fourth-order valence-corrected chi connectivity index (χ4v) is 3.74. The molecule has 5 rings (SSSR count). The monoisotopic (exact) mass is 420 g/mol. The van der Waals surface area contributed by atoms with Crippen LogP contribution in [-0.4, -0.2) is 41.8 Å². The molecule has 0 bridgehead atoms. The zero-order valence-electron chi connectivity index (χ0n) is 17.1. The molecule has 158 valence electrons. The highest BCUT2D eigenvalue weighted by Crippen LogP contribution is 2.35. The van der Waals surface area contributed by atoms with Gasteiger partial charge in [-0.05, 0) is 37.5 Å². The summed E-state index contributed by atoms with van der Waals surface area (Å²) in [7, 11) is 0. The summed E-state index contributed by atoms with van der Waals surface area (Å²) in [6.45, 7) is 3.87. The Morgan fingerprint density at radius 3 is 2.77 bits per heavy atom. The van der Waals surface area contributed by atoms with E-state index in [-0.39, 0.29) is 12.3 Å². The third kappa shape index (κ3) is 3.40. The lowest BCUT2D eigenvalue weighted by Crippen LogP contribution is -2.16. The van der Waals surface area contributed by atoms with Gasteiger partial charge in [0.05, 0.1) is 23.2 Å². The van der Waals surface area contributed by atoms with Crippen LogP contribution in [0.4, 0.5) is 10.2 Å². The first-order valence-electron chi connectivity index (χ1n) is 10.2. The van der Waals surface area contributed by atoms with Crippen LogP contribution in [0, 0.1) is 12.8 Å². The van der Waals surface area contributed by atoms with Gasteiger partial charge in [-0.25, -0.2) is 18.9 Å². The number of alkyl halides is 1. The summed E-state index contributed by atoms with van der Waals surface area (Å²) >= 11 is 0. The summed E-state index contributed by atoms with van der Waals surface area (Å²) in [5.74, 6) is -0.602. The fraction of sp³-hybridized carbons (Fsp3) is 0.318. The number of hydrogen-bond donors (Lipinski definition) is 2. The molecule has 0 aliphatic heterocycles. The number of fused-ring (bicyclic) bond motifs is 3. The summed E-state index contributed by atoms with van der Waals surface area (Å²) in [5, 5.41) is 17.9. The maximum absolute atomic E-state index is 13.2. The van der Waals surface area contributed by atoms with E-state index in [0.717, 1.165) is 27.6 Å². The summed E-state index contributed by atoms with van der Waals surface area (Å²) in [5.41, 5.74) is 4.67. The molecule has 4 aromatic heterocycles. The quantitative estimate of drug-likeness (QED) is 0.513. The normalized spacial score (nSPS) is 19.0. The molecule has 1 amide bonds. The molecule has 0 saturated heterocycles. The van der Waals surface area contributed by atoms with Crippen LogP contribution in [0.3, 0.4) is 0 Å². The number of nitrogens with zero attached hydrogens (tertiary/aromatic N) is 5. The Hall–Kier alpha value is -3.46. The standard InChI is InChI=1S/C22H21FN6O2/c1-3-19(30)17-4-11(2)15(9-24-17)13-5-12-8-25-20(28-22(31)14-6-16(14)23)7-18(12)29-21(13)26-10-27-29/h4-5,7-10,14,16,19,30H,3,6H2,1-2H3,(H,25,28,31)/t14-,16+,19+/m0/s1. The summed E-state index contributed by atoms with van der Waals surface area (Å²) < 4.78 is 14.8. The van der Waals surface area contributed by atoms with Gasteiger partial charge in [-0.1, -0.05) is 6.92 Å². The number of aliphatic hydroxyl groups is 1. The van der Waals surface area contributed by atoms with Crippen molar-refractivity contribution in [3.05, 3.63) is 48.2 Å². The van der Waals surface area contributed by atoms with Crippen LogP contribution in [0.25, 0.3) is 27.7 Å². The molecule has 9 heteroatoms. The van der Waals surface area contributed by atoms with Gasteiger partial charge in [0.1, 0.15) is 18.3 Å². The maximum Gasteiger partial charge on any atom is 0.231 e. The van der Waals surface area contributed by atoms with E-state index < -0.39 is 18.2 Å². The third-order valence-corrected chi connectivity index (χ3v) is 5.68. The Morgan fingerprint density at radius 1 is 1.26 bits per heavy atom. The molecule has 0 aromatic carbocycles. The zero-order chi connectivity index (χ0) is 21.7. The van der Waals surface area contributed by atoms with Crippen LogP contribution in [0.2, 0.25) is 0 Å². The number of aromatic nitrogens is 5. The number of hydrogen-bond acceptors (Lipinski definition) is 6. The second kappa shape index (κ2) is 7.35. The van der Waals surface area contributed by atoms with Crippen molar-refractivity contribution in [1.29, 1.82) is 0 Å². The molecular formula is C22H21FN6O2.